The van der Waals surface area contributed by atoms with Gasteiger partial charge in [0.1, 0.15) is 5.01 Å². The topological polar surface area (TPSA) is 45.1 Å². The Morgan fingerprint density at radius 2 is 2.06 bits per heavy atom. The van der Waals surface area contributed by atoms with Crippen molar-refractivity contribution in [2.45, 2.75) is 26.0 Å². The number of rotatable bonds is 5. The molecule has 0 aliphatic carbocycles. The maximum atomic E-state index is 10.4. The molecule has 1 heterocycles. The molecule has 1 aromatic carbocycles. The number of nitrogens with one attached hydrogen (secondary N) is 1. The number of aryl methyl sites for hydroxylation is 1. The van der Waals surface area contributed by atoms with Crippen LogP contribution in [0.3, 0.4) is 0 Å². The molecular formula is C14H18N2OS. The molecular weight excluding hydrogens is 244 g/mol. The summed E-state index contributed by atoms with van der Waals surface area (Å²) in [5, 5.41) is 16.7. The van der Waals surface area contributed by atoms with E-state index in [1.165, 1.54) is 0 Å². The minimum atomic E-state index is -0.854. The van der Waals surface area contributed by atoms with Gasteiger partial charge in [0.25, 0.3) is 0 Å². The molecule has 0 amide bonds. The van der Waals surface area contributed by atoms with Gasteiger partial charge < -0.3 is 10.4 Å². The number of aromatic nitrogens is 1. The average molecular weight is 262 g/mol. The maximum absolute atomic E-state index is 10.4. The lowest BCUT2D eigenvalue weighted by molar-refractivity contribution is 0.0566. The van der Waals surface area contributed by atoms with Crippen molar-refractivity contribution in [1.29, 1.82) is 0 Å². The molecule has 1 aromatic heterocycles. The fourth-order valence-corrected chi connectivity index (χ4v) is 2.54. The van der Waals surface area contributed by atoms with E-state index in [2.05, 4.69) is 10.3 Å². The van der Waals surface area contributed by atoms with Gasteiger partial charge >= 0.3 is 0 Å². The zero-order valence-corrected chi connectivity index (χ0v) is 11.5. The fourth-order valence-electron chi connectivity index (χ4n) is 1.80. The van der Waals surface area contributed by atoms with Crippen LogP contribution in [0.2, 0.25) is 0 Å². The molecule has 2 rings (SSSR count). The van der Waals surface area contributed by atoms with E-state index in [4.69, 9.17) is 0 Å². The van der Waals surface area contributed by atoms with Gasteiger partial charge in [-0.25, -0.2) is 4.98 Å². The third-order valence-electron chi connectivity index (χ3n) is 2.81. The fraction of sp³-hybridized carbons (Fsp3) is 0.357. The van der Waals surface area contributed by atoms with Crippen molar-refractivity contribution >= 4 is 11.3 Å². The predicted octanol–water partition coefficient (Wildman–Crippen LogP) is 2.45. The molecule has 0 fully saturated rings. The van der Waals surface area contributed by atoms with E-state index in [1.807, 2.05) is 49.6 Å². The number of nitrogens with zero attached hydrogens (tertiary/aromatic N) is 1. The quantitative estimate of drug-likeness (QED) is 0.870. The summed E-state index contributed by atoms with van der Waals surface area (Å²) in [6.45, 7) is 5.01. The first-order valence-electron chi connectivity index (χ1n) is 5.97. The van der Waals surface area contributed by atoms with Gasteiger partial charge in [-0.05, 0) is 19.4 Å². The normalized spacial score (nSPS) is 14.4. The summed E-state index contributed by atoms with van der Waals surface area (Å²) in [5.74, 6) is 0. The monoisotopic (exact) mass is 262 g/mol. The van der Waals surface area contributed by atoms with E-state index in [1.54, 1.807) is 11.3 Å². The van der Waals surface area contributed by atoms with Crippen LogP contribution < -0.4 is 5.32 Å². The Bertz CT molecular complexity index is 494. The maximum Gasteiger partial charge on any atom is 0.107 e. The molecule has 3 nitrogen and oxygen atoms in total. The Hall–Kier alpha value is -1.23. The number of aliphatic hydroxyl groups is 1. The zero-order chi connectivity index (χ0) is 13.0. The molecule has 4 heteroatoms. The highest BCUT2D eigenvalue weighted by atomic mass is 32.1. The van der Waals surface area contributed by atoms with Crippen molar-refractivity contribution in [3.05, 3.63) is 52.0 Å². The SMILES string of the molecule is Cc1csc(CNCC(C)(O)c2ccccc2)n1. The van der Waals surface area contributed by atoms with Gasteiger partial charge in [0.15, 0.2) is 0 Å². The Morgan fingerprint density at radius 3 is 2.67 bits per heavy atom. The Balaban J connectivity index is 1.89. The number of thiazole rings is 1. The zero-order valence-electron chi connectivity index (χ0n) is 10.7. The number of hydrogen-bond donors (Lipinski definition) is 2. The molecule has 2 aromatic rings. The number of benzene rings is 1. The summed E-state index contributed by atoms with van der Waals surface area (Å²) in [5.41, 5.74) is 1.12. The van der Waals surface area contributed by atoms with Crippen molar-refractivity contribution in [3.8, 4) is 0 Å². The molecule has 0 aliphatic rings. The van der Waals surface area contributed by atoms with Gasteiger partial charge in [-0.1, -0.05) is 30.3 Å². The molecule has 2 N–H and O–H groups in total. The molecule has 18 heavy (non-hydrogen) atoms. The molecule has 0 spiro atoms. The van der Waals surface area contributed by atoms with Crippen LogP contribution in [0.1, 0.15) is 23.2 Å². The molecule has 0 radical (unpaired) electrons. The van der Waals surface area contributed by atoms with Crippen molar-refractivity contribution in [2.24, 2.45) is 0 Å². The van der Waals surface area contributed by atoms with Crippen LogP contribution in [0.5, 0.6) is 0 Å². The summed E-state index contributed by atoms with van der Waals surface area (Å²) in [6.07, 6.45) is 0. The summed E-state index contributed by atoms with van der Waals surface area (Å²) in [7, 11) is 0. The summed E-state index contributed by atoms with van der Waals surface area (Å²) in [4.78, 5) is 4.38. The highest BCUT2D eigenvalue weighted by Gasteiger charge is 2.22. The Labute approximate surface area is 112 Å². The first-order valence-corrected chi connectivity index (χ1v) is 6.85. The lowest BCUT2D eigenvalue weighted by atomic mass is 9.96. The lowest BCUT2D eigenvalue weighted by Crippen LogP contribution is -2.35. The van der Waals surface area contributed by atoms with Crippen LogP contribution in [0.15, 0.2) is 35.7 Å². The Morgan fingerprint density at radius 1 is 1.33 bits per heavy atom. The average Bonchev–Trinajstić information content (AvgIpc) is 2.76. The minimum absolute atomic E-state index is 0.510. The van der Waals surface area contributed by atoms with Crippen molar-refractivity contribution < 1.29 is 5.11 Å². The van der Waals surface area contributed by atoms with Crippen LogP contribution in [0.25, 0.3) is 0 Å². The number of hydrogen-bond acceptors (Lipinski definition) is 4. The van der Waals surface area contributed by atoms with E-state index in [0.717, 1.165) is 16.3 Å². The van der Waals surface area contributed by atoms with E-state index in [9.17, 15) is 5.11 Å². The van der Waals surface area contributed by atoms with E-state index >= 15 is 0 Å². The molecule has 0 saturated heterocycles. The lowest BCUT2D eigenvalue weighted by Gasteiger charge is -2.24. The second kappa shape index (κ2) is 5.61. The van der Waals surface area contributed by atoms with Gasteiger partial charge in [0.2, 0.25) is 0 Å². The first-order chi connectivity index (χ1) is 8.58. The van der Waals surface area contributed by atoms with Crippen LogP contribution in [-0.2, 0) is 12.1 Å². The molecule has 0 bridgehead atoms. The highest BCUT2D eigenvalue weighted by Crippen LogP contribution is 2.19. The molecule has 0 aliphatic heterocycles. The van der Waals surface area contributed by atoms with Crippen LogP contribution >= 0.6 is 11.3 Å². The van der Waals surface area contributed by atoms with Gasteiger partial charge in [-0.15, -0.1) is 11.3 Å². The van der Waals surface area contributed by atoms with Crippen molar-refractivity contribution in [2.75, 3.05) is 6.54 Å². The third kappa shape index (κ3) is 3.38. The van der Waals surface area contributed by atoms with Crippen molar-refractivity contribution in [3.63, 3.8) is 0 Å². The Kier molecular flexibility index (Phi) is 4.11. The molecule has 96 valence electrons. The summed E-state index contributed by atoms with van der Waals surface area (Å²) < 4.78 is 0. The highest BCUT2D eigenvalue weighted by molar-refractivity contribution is 7.09. The van der Waals surface area contributed by atoms with Gasteiger partial charge in [-0.2, -0.15) is 0 Å². The van der Waals surface area contributed by atoms with E-state index in [-0.39, 0.29) is 0 Å². The van der Waals surface area contributed by atoms with Crippen molar-refractivity contribution in [1.82, 2.24) is 10.3 Å². The second-order valence-corrected chi connectivity index (χ2v) is 5.57. The third-order valence-corrected chi connectivity index (χ3v) is 3.77. The summed E-state index contributed by atoms with van der Waals surface area (Å²) in [6, 6.07) is 9.71. The minimum Gasteiger partial charge on any atom is -0.384 e. The van der Waals surface area contributed by atoms with E-state index < -0.39 is 5.60 Å². The van der Waals surface area contributed by atoms with Gasteiger partial charge in [0.05, 0.1) is 5.60 Å². The predicted molar refractivity (Wildman–Crippen MR) is 74.6 cm³/mol. The summed E-state index contributed by atoms with van der Waals surface area (Å²) >= 11 is 1.64. The van der Waals surface area contributed by atoms with Crippen LogP contribution in [-0.4, -0.2) is 16.6 Å². The second-order valence-electron chi connectivity index (χ2n) is 4.63. The molecule has 1 unspecified atom stereocenters. The largest absolute Gasteiger partial charge is 0.384 e. The van der Waals surface area contributed by atoms with Crippen LogP contribution in [0, 0.1) is 6.92 Å². The first kappa shape index (κ1) is 13.2. The molecule has 0 saturated carbocycles. The molecule has 1 atom stereocenters. The standard InChI is InChI=1S/C14H18N2OS/c1-11-9-18-13(16-11)8-15-10-14(2,17)12-6-4-3-5-7-12/h3-7,9,15,17H,8,10H2,1-2H3. The van der Waals surface area contributed by atoms with E-state index in [0.29, 0.717) is 13.1 Å². The van der Waals surface area contributed by atoms with Gasteiger partial charge in [-0.3, -0.25) is 0 Å². The smallest absolute Gasteiger partial charge is 0.107 e. The van der Waals surface area contributed by atoms with Crippen LogP contribution in [0.4, 0.5) is 0 Å². The van der Waals surface area contributed by atoms with Gasteiger partial charge in [0, 0.05) is 24.2 Å².